The second-order valence-corrected chi connectivity index (χ2v) is 7.00. The number of hydrogen-bond donors (Lipinski definition) is 0. The zero-order chi connectivity index (χ0) is 18.1. The maximum Gasteiger partial charge on any atom is 0.226 e. The normalized spacial score (nSPS) is 17.5. The van der Waals surface area contributed by atoms with Crippen molar-refractivity contribution in [1.82, 2.24) is 19.5 Å². The van der Waals surface area contributed by atoms with Gasteiger partial charge in [0.25, 0.3) is 0 Å². The zero-order valence-electron chi connectivity index (χ0n) is 15.1. The molecule has 3 aromatic rings. The summed E-state index contributed by atoms with van der Waals surface area (Å²) >= 11 is 0. The van der Waals surface area contributed by atoms with Gasteiger partial charge in [-0.25, -0.2) is 19.3 Å². The summed E-state index contributed by atoms with van der Waals surface area (Å²) in [7, 11) is 1.93. The maximum atomic E-state index is 13.7. The fourth-order valence-corrected chi connectivity index (χ4v) is 3.53. The molecule has 1 atom stereocenters. The monoisotopic (exact) mass is 351 g/mol. The molecule has 1 fully saturated rings. The van der Waals surface area contributed by atoms with Crippen LogP contribution >= 0.6 is 0 Å². The average molecular weight is 351 g/mol. The van der Waals surface area contributed by atoms with E-state index in [1.165, 1.54) is 18.6 Å². The quantitative estimate of drug-likeness (QED) is 0.717. The first-order valence-corrected chi connectivity index (χ1v) is 8.97. The predicted octanol–water partition coefficient (Wildman–Crippen LogP) is 3.92. The Morgan fingerprint density at radius 3 is 2.85 bits per heavy atom. The highest BCUT2D eigenvalue weighted by molar-refractivity contribution is 5.78. The lowest BCUT2D eigenvalue weighted by atomic mass is 10.0. The summed E-state index contributed by atoms with van der Waals surface area (Å²) in [6, 6.07) is 6.52. The van der Waals surface area contributed by atoms with Crippen molar-refractivity contribution in [2.75, 3.05) is 18.0 Å². The van der Waals surface area contributed by atoms with Crippen LogP contribution in [0, 0.1) is 11.7 Å². The molecule has 4 rings (SSSR count). The van der Waals surface area contributed by atoms with Gasteiger partial charge in [-0.15, -0.1) is 0 Å². The van der Waals surface area contributed by atoms with Gasteiger partial charge in [0.2, 0.25) is 5.95 Å². The molecule has 1 aliphatic heterocycles. The van der Waals surface area contributed by atoms with E-state index in [0.717, 1.165) is 48.1 Å². The van der Waals surface area contributed by atoms with Crippen LogP contribution in [0.3, 0.4) is 0 Å². The predicted molar refractivity (Wildman–Crippen MR) is 100 cm³/mol. The minimum Gasteiger partial charge on any atom is -0.341 e. The van der Waals surface area contributed by atoms with Crippen molar-refractivity contribution in [2.24, 2.45) is 13.0 Å². The first kappa shape index (κ1) is 16.7. The molecule has 0 saturated carbocycles. The second kappa shape index (κ2) is 6.86. The fourth-order valence-electron chi connectivity index (χ4n) is 3.53. The Morgan fingerprint density at radius 2 is 2.12 bits per heavy atom. The van der Waals surface area contributed by atoms with Gasteiger partial charge in [-0.2, -0.15) is 0 Å². The first-order chi connectivity index (χ1) is 12.6. The maximum absolute atomic E-state index is 13.7. The van der Waals surface area contributed by atoms with E-state index in [0.29, 0.717) is 5.92 Å². The van der Waals surface area contributed by atoms with Crippen molar-refractivity contribution in [2.45, 2.75) is 19.8 Å². The summed E-state index contributed by atoms with van der Waals surface area (Å²) in [4.78, 5) is 16.1. The number of nitrogens with zero attached hydrogens (tertiary/aromatic N) is 5. The number of halogens is 1. The number of aryl methyl sites for hydroxylation is 1. The number of imidazole rings is 1. The van der Waals surface area contributed by atoms with Gasteiger partial charge in [-0.05, 0) is 36.5 Å². The molecular weight excluding hydrogens is 329 g/mol. The van der Waals surface area contributed by atoms with E-state index >= 15 is 0 Å². The number of rotatable bonds is 3. The van der Waals surface area contributed by atoms with Gasteiger partial charge in [0.05, 0.1) is 0 Å². The number of anilines is 1. The Balaban J connectivity index is 1.83. The van der Waals surface area contributed by atoms with Crippen LogP contribution in [0.4, 0.5) is 10.3 Å². The van der Waals surface area contributed by atoms with E-state index in [9.17, 15) is 4.39 Å². The third-order valence-electron chi connectivity index (χ3n) is 4.88. The van der Waals surface area contributed by atoms with Crippen LogP contribution in [0.1, 0.15) is 19.8 Å². The Morgan fingerprint density at radius 1 is 1.23 bits per heavy atom. The standard InChI is InChI=1S/C20H22FN5/c1-14-5-4-9-26(13-14)20-23-12-17(15-6-3-7-16(21)11-15)18(24-20)19-22-8-10-25(19)2/h3,6-8,10-12,14H,4-5,9,13H2,1-2H3. The molecule has 1 unspecified atom stereocenters. The highest BCUT2D eigenvalue weighted by Gasteiger charge is 2.22. The smallest absolute Gasteiger partial charge is 0.226 e. The van der Waals surface area contributed by atoms with Gasteiger partial charge in [-0.1, -0.05) is 19.1 Å². The van der Waals surface area contributed by atoms with E-state index in [-0.39, 0.29) is 5.82 Å². The summed E-state index contributed by atoms with van der Waals surface area (Å²) in [5.41, 5.74) is 2.26. The summed E-state index contributed by atoms with van der Waals surface area (Å²) in [5, 5.41) is 0. The van der Waals surface area contributed by atoms with Crippen LogP contribution < -0.4 is 4.90 Å². The molecule has 2 aromatic heterocycles. The molecule has 1 aromatic carbocycles. The number of aromatic nitrogens is 4. The largest absolute Gasteiger partial charge is 0.341 e. The van der Waals surface area contributed by atoms with Gasteiger partial charge < -0.3 is 9.47 Å². The first-order valence-electron chi connectivity index (χ1n) is 8.97. The molecule has 0 radical (unpaired) electrons. The molecule has 134 valence electrons. The molecule has 0 N–H and O–H groups in total. The second-order valence-electron chi connectivity index (χ2n) is 7.00. The molecule has 0 amide bonds. The Kier molecular flexibility index (Phi) is 4.41. The van der Waals surface area contributed by atoms with Crippen LogP contribution in [-0.4, -0.2) is 32.6 Å². The molecule has 0 spiro atoms. The molecule has 0 aliphatic carbocycles. The van der Waals surface area contributed by atoms with Crippen molar-refractivity contribution in [3.63, 3.8) is 0 Å². The molecule has 3 heterocycles. The molecule has 1 aliphatic rings. The highest BCUT2D eigenvalue weighted by atomic mass is 19.1. The van der Waals surface area contributed by atoms with Crippen LogP contribution in [0.5, 0.6) is 0 Å². The fraction of sp³-hybridized carbons (Fsp3) is 0.350. The number of hydrogen-bond acceptors (Lipinski definition) is 4. The molecule has 6 heteroatoms. The average Bonchev–Trinajstić information content (AvgIpc) is 3.07. The summed E-state index contributed by atoms with van der Waals surface area (Å²) < 4.78 is 15.7. The van der Waals surface area contributed by atoms with Crippen LogP contribution in [0.2, 0.25) is 0 Å². The van der Waals surface area contributed by atoms with E-state index < -0.39 is 0 Å². The Labute approximate surface area is 152 Å². The minimum atomic E-state index is -0.276. The molecule has 26 heavy (non-hydrogen) atoms. The van der Waals surface area contributed by atoms with Crippen molar-refractivity contribution in [1.29, 1.82) is 0 Å². The van der Waals surface area contributed by atoms with Crippen molar-refractivity contribution in [3.8, 4) is 22.6 Å². The Bertz CT molecular complexity index is 920. The minimum absolute atomic E-state index is 0.276. The van der Waals surface area contributed by atoms with Gasteiger partial charge in [-0.3, -0.25) is 0 Å². The van der Waals surface area contributed by atoms with E-state index in [4.69, 9.17) is 4.98 Å². The van der Waals surface area contributed by atoms with Crippen molar-refractivity contribution in [3.05, 3.63) is 48.7 Å². The lowest BCUT2D eigenvalue weighted by Crippen LogP contribution is -2.35. The molecular formula is C20H22FN5. The zero-order valence-corrected chi connectivity index (χ0v) is 15.1. The highest BCUT2D eigenvalue weighted by Crippen LogP contribution is 2.31. The SMILES string of the molecule is CC1CCCN(c2ncc(-c3cccc(F)c3)c(-c3nccn3C)n2)C1. The van der Waals surface area contributed by atoms with E-state index in [1.54, 1.807) is 18.5 Å². The van der Waals surface area contributed by atoms with Crippen LogP contribution in [0.25, 0.3) is 22.6 Å². The summed E-state index contributed by atoms with van der Waals surface area (Å²) in [6.07, 6.45) is 7.81. The Hall–Kier alpha value is -2.76. The lowest BCUT2D eigenvalue weighted by Gasteiger charge is -2.31. The van der Waals surface area contributed by atoms with Crippen molar-refractivity contribution < 1.29 is 4.39 Å². The third kappa shape index (κ3) is 3.19. The molecule has 5 nitrogen and oxygen atoms in total. The van der Waals surface area contributed by atoms with Crippen LogP contribution in [-0.2, 0) is 7.05 Å². The summed E-state index contributed by atoms with van der Waals surface area (Å²) in [6.45, 7) is 4.18. The van der Waals surface area contributed by atoms with Gasteiger partial charge in [0.15, 0.2) is 5.82 Å². The third-order valence-corrected chi connectivity index (χ3v) is 4.88. The number of piperidine rings is 1. The topological polar surface area (TPSA) is 46.8 Å². The van der Waals surface area contributed by atoms with Gasteiger partial charge >= 0.3 is 0 Å². The number of benzene rings is 1. The van der Waals surface area contributed by atoms with Crippen LogP contribution in [0.15, 0.2) is 42.9 Å². The van der Waals surface area contributed by atoms with Gasteiger partial charge in [0, 0.05) is 44.3 Å². The van der Waals surface area contributed by atoms with Gasteiger partial charge in [0.1, 0.15) is 11.5 Å². The summed E-state index contributed by atoms with van der Waals surface area (Å²) in [5.74, 6) is 1.82. The molecule has 0 bridgehead atoms. The molecule has 1 saturated heterocycles. The van der Waals surface area contributed by atoms with E-state index in [2.05, 4.69) is 21.8 Å². The lowest BCUT2D eigenvalue weighted by molar-refractivity contribution is 0.442. The van der Waals surface area contributed by atoms with Crippen molar-refractivity contribution >= 4 is 5.95 Å². The van der Waals surface area contributed by atoms with E-state index in [1.807, 2.05) is 23.9 Å².